The number of hydrogen-bond acceptors (Lipinski definition) is 2. The quantitative estimate of drug-likeness (QED) is 0.857. The molecule has 0 radical (unpaired) electrons. The number of ether oxygens (including phenoxy) is 1. The van der Waals surface area contributed by atoms with Crippen LogP contribution in [0.3, 0.4) is 0 Å². The summed E-state index contributed by atoms with van der Waals surface area (Å²) in [5, 5.41) is 6.37. The summed E-state index contributed by atoms with van der Waals surface area (Å²) in [6.45, 7) is 0. The monoisotopic (exact) mass is 228 g/mol. The summed E-state index contributed by atoms with van der Waals surface area (Å²) >= 11 is 0. The summed E-state index contributed by atoms with van der Waals surface area (Å²) in [5.74, 6) is -0.250. The molecule has 0 amide bonds. The summed E-state index contributed by atoms with van der Waals surface area (Å²) in [4.78, 5) is 0. The van der Waals surface area contributed by atoms with Crippen LogP contribution in [0, 0.1) is 0 Å². The molecule has 0 atom stereocenters. The van der Waals surface area contributed by atoms with E-state index in [1.165, 1.54) is 24.4 Å². The highest BCUT2D eigenvalue weighted by Crippen LogP contribution is 2.26. The first-order chi connectivity index (χ1) is 7.54. The van der Waals surface area contributed by atoms with Gasteiger partial charge in [-0.3, -0.25) is 5.10 Å². The van der Waals surface area contributed by atoms with Crippen molar-refractivity contribution >= 4 is 0 Å². The molecular formula is C10H7F3N2O. The van der Waals surface area contributed by atoms with Gasteiger partial charge in [-0.2, -0.15) is 5.10 Å². The lowest BCUT2D eigenvalue weighted by Gasteiger charge is -2.09. The Morgan fingerprint density at radius 1 is 1.19 bits per heavy atom. The molecule has 0 aliphatic heterocycles. The molecule has 6 heteroatoms. The average molecular weight is 228 g/mol. The van der Waals surface area contributed by atoms with E-state index in [2.05, 4.69) is 14.9 Å². The van der Waals surface area contributed by atoms with E-state index in [4.69, 9.17) is 0 Å². The maximum absolute atomic E-state index is 12.0. The highest BCUT2D eigenvalue weighted by atomic mass is 19.4. The van der Waals surface area contributed by atoms with Gasteiger partial charge in [-0.25, -0.2) is 0 Å². The largest absolute Gasteiger partial charge is 0.573 e. The third-order valence-corrected chi connectivity index (χ3v) is 1.88. The summed E-state index contributed by atoms with van der Waals surface area (Å²) in [6, 6.07) is 7.34. The molecule has 3 nitrogen and oxygen atoms in total. The zero-order valence-electron chi connectivity index (χ0n) is 7.95. The number of aromatic amines is 1. The van der Waals surface area contributed by atoms with Crippen LogP contribution in [0.15, 0.2) is 36.5 Å². The van der Waals surface area contributed by atoms with Crippen LogP contribution in [0.2, 0.25) is 0 Å². The first-order valence-corrected chi connectivity index (χ1v) is 4.40. The highest BCUT2D eigenvalue weighted by Gasteiger charge is 2.31. The Kier molecular flexibility index (Phi) is 2.55. The maximum Gasteiger partial charge on any atom is 0.573 e. The lowest BCUT2D eigenvalue weighted by Crippen LogP contribution is -2.17. The number of alkyl halides is 3. The molecule has 0 spiro atoms. The summed E-state index contributed by atoms with van der Waals surface area (Å²) in [7, 11) is 0. The predicted molar refractivity (Wildman–Crippen MR) is 50.7 cm³/mol. The first-order valence-electron chi connectivity index (χ1n) is 4.40. The fourth-order valence-electron chi connectivity index (χ4n) is 1.28. The van der Waals surface area contributed by atoms with Crippen molar-refractivity contribution < 1.29 is 17.9 Å². The van der Waals surface area contributed by atoms with Crippen LogP contribution in [-0.4, -0.2) is 16.6 Å². The standard InChI is InChI=1S/C10H7F3N2O/c11-10(12,13)16-8-3-1-2-7(6-8)9-4-5-14-15-9/h1-6H,(H,14,15). The molecule has 1 heterocycles. The minimum absolute atomic E-state index is 0.250. The van der Waals surface area contributed by atoms with Crippen LogP contribution in [0.4, 0.5) is 13.2 Å². The number of rotatable bonds is 2. The average Bonchev–Trinajstić information content (AvgIpc) is 2.68. The Hall–Kier alpha value is -1.98. The van der Waals surface area contributed by atoms with Gasteiger partial charge in [0, 0.05) is 11.8 Å². The Balaban J connectivity index is 2.27. The molecule has 84 valence electrons. The molecule has 2 rings (SSSR count). The molecule has 2 aromatic rings. The van der Waals surface area contributed by atoms with Crippen LogP contribution in [0.5, 0.6) is 5.75 Å². The molecule has 1 aromatic carbocycles. The Morgan fingerprint density at radius 2 is 2.00 bits per heavy atom. The summed E-state index contributed by atoms with van der Waals surface area (Å²) in [5.41, 5.74) is 1.21. The van der Waals surface area contributed by atoms with E-state index in [0.29, 0.717) is 11.3 Å². The van der Waals surface area contributed by atoms with Crippen LogP contribution < -0.4 is 4.74 Å². The van der Waals surface area contributed by atoms with Crippen molar-refractivity contribution in [1.29, 1.82) is 0 Å². The van der Waals surface area contributed by atoms with Crippen molar-refractivity contribution in [3.8, 4) is 17.0 Å². The molecule has 1 aromatic heterocycles. The molecule has 0 saturated carbocycles. The van der Waals surface area contributed by atoms with Gasteiger partial charge >= 0.3 is 6.36 Å². The molecule has 0 unspecified atom stereocenters. The third-order valence-electron chi connectivity index (χ3n) is 1.88. The molecule has 0 aliphatic rings. The Bertz CT molecular complexity index is 465. The lowest BCUT2D eigenvalue weighted by molar-refractivity contribution is -0.274. The SMILES string of the molecule is FC(F)(F)Oc1cccc(-c2ccn[nH]2)c1. The van der Waals surface area contributed by atoms with Gasteiger partial charge in [0.15, 0.2) is 0 Å². The van der Waals surface area contributed by atoms with E-state index in [0.717, 1.165) is 0 Å². The van der Waals surface area contributed by atoms with Gasteiger partial charge in [0.05, 0.1) is 5.69 Å². The van der Waals surface area contributed by atoms with E-state index in [9.17, 15) is 13.2 Å². The maximum atomic E-state index is 12.0. The first kappa shape index (κ1) is 10.5. The molecule has 0 bridgehead atoms. The van der Waals surface area contributed by atoms with Gasteiger partial charge in [0.2, 0.25) is 0 Å². The van der Waals surface area contributed by atoms with Crippen LogP contribution in [-0.2, 0) is 0 Å². The lowest BCUT2D eigenvalue weighted by atomic mass is 10.1. The van der Waals surface area contributed by atoms with Crippen molar-refractivity contribution in [2.75, 3.05) is 0 Å². The van der Waals surface area contributed by atoms with Crippen molar-refractivity contribution in [3.63, 3.8) is 0 Å². The molecule has 1 N–H and O–H groups in total. The highest BCUT2D eigenvalue weighted by molar-refractivity contribution is 5.60. The summed E-state index contributed by atoms with van der Waals surface area (Å²) in [6.07, 6.45) is -3.15. The van der Waals surface area contributed by atoms with Crippen molar-refractivity contribution in [2.24, 2.45) is 0 Å². The minimum Gasteiger partial charge on any atom is -0.406 e. The minimum atomic E-state index is -4.67. The van der Waals surface area contributed by atoms with Crippen molar-refractivity contribution in [3.05, 3.63) is 36.5 Å². The topological polar surface area (TPSA) is 37.9 Å². The number of hydrogen-bond donors (Lipinski definition) is 1. The van der Waals surface area contributed by atoms with E-state index >= 15 is 0 Å². The van der Waals surface area contributed by atoms with Crippen molar-refractivity contribution in [1.82, 2.24) is 10.2 Å². The molecule has 0 aliphatic carbocycles. The number of halogens is 3. The van der Waals surface area contributed by atoms with Crippen molar-refractivity contribution in [2.45, 2.75) is 6.36 Å². The van der Waals surface area contributed by atoms with Gasteiger partial charge in [-0.1, -0.05) is 12.1 Å². The zero-order chi connectivity index (χ0) is 11.6. The zero-order valence-corrected chi connectivity index (χ0v) is 7.95. The van der Waals surface area contributed by atoms with Gasteiger partial charge in [0.1, 0.15) is 5.75 Å². The molecule has 0 fully saturated rings. The van der Waals surface area contributed by atoms with E-state index < -0.39 is 6.36 Å². The Labute approximate surface area is 88.9 Å². The fraction of sp³-hybridized carbons (Fsp3) is 0.100. The third kappa shape index (κ3) is 2.53. The van der Waals surface area contributed by atoms with Gasteiger partial charge in [0.25, 0.3) is 0 Å². The number of benzene rings is 1. The van der Waals surface area contributed by atoms with E-state index in [-0.39, 0.29) is 5.75 Å². The van der Waals surface area contributed by atoms with Crippen LogP contribution in [0.25, 0.3) is 11.3 Å². The fourth-order valence-corrected chi connectivity index (χ4v) is 1.28. The van der Waals surface area contributed by atoms with Gasteiger partial charge < -0.3 is 4.74 Å². The second-order valence-electron chi connectivity index (χ2n) is 3.05. The number of H-pyrrole nitrogens is 1. The van der Waals surface area contributed by atoms with E-state index in [1.54, 1.807) is 12.1 Å². The second kappa shape index (κ2) is 3.88. The number of nitrogens with one attached hydrogen (secondary N) is 1. The Morgan fingerprint density at radius 3 is 2.62 bits per heavy atom. The van der Waals surface area contributed by atoms with Crippen LogP contribution >= 0.6 is 0 Å². The smallest absolute Gasteiger partial charge is 0.406 e. The van der Waals surface area contributed by atoms with E-state index in [1.807, 2.05) is 0 Å². The number of nitrogens with zero attached hydrogens (tertiary/aromatic N) is 1. The second-order valence-corrected chi connectivity index (χ2v) is 3.05. The van der Waals surface area contributed by atoms with Gasteiger partial charge in [-0.05, 0) is 18.2 Å². The molecular weight excluding hydrogens is 221 g/mol. The number of aromatic nitrogens is 2. The summed E-state index contributed by atoms with van der Waals surface area (Å²) < 4.78 is 39.7. The predicted octanol–water partition coefficient (Wildman–Crippen LogP) is 2.98. The van der Waals surface area contributed by atoms with Crippen LogP contribution in [0.1, 0.15) is 0 Å². The molecule has 16 heavy (non-hydrogen) atoms. The molecule has 0 saturated heterocycles. The normalized spacial score (nSPS) is 11.4. The van der Waals surface area contributed by atoms with Gasteiger partial charge in [-0.15, -0.1) is 13.2 Å².